The second kappa shape index (κ2) is 8.56. The fourth-order valence-electron chi connectivity index (χ4n) is 0.351. The minimum absolute atomic E-state index is 0. The van der Waals surface area contributed by atoms with Crippen molar-refractivity contribution in [3.05, 3.63) is 0 Å². The Morgan fingerprint density at radius 2 is 1.33 bits per heavy atom. The molecule has 0 saturated carbocycles. The predicted molar refractivity (Wildman–Crippen MR) is 26.0 cm³/mol. The number of Topliss-reactive ketones (excluding diaryl/α,β-unsaturated/α-hetero) is 2. The molecule has 0 aliphatic rings. The first kappa shape index (κ1) is 16.3. The van der Waals surface area contributed by atoms with Gasteiger partial charge in [-0.05, 0) is 13.8 Å². The summed E-state index contributed by atoms with van der Waals surface area (Å²) in [6.45, 7) is 2.81. The zero-order chi connectivity index (χ0) is 5.86. The van der Waals surface area contributed by atoms with Gasteiger partial charge in [0.2, 0.25) is 0 Å². The van der Waals surface area contributed by atoms with Crippen LogP contribution in [0.2, 0.25) is 0 Å². The van der Waals surface area contributed by atoms with E-state index in [4.69, 9.17) is 0 Å². The molecule has 53 valence electrons. The molecule has 0 N–H and O–H groups in total. The summed E-state index contributed by atoms with van der Waals surface area (Å²) in [7, 11) is 0. The van der Waals surface area contributed by atoms with Crippen LogP contribution in [0.3, 0.4) is 0 Å². The van der Waals surface area contributed by atoms with Gasteiger partial charge in [-0.2, -0.15) is 0 Å². The molecule has 0 fully saturated rings. The fourth-order valence-corrected chi connectivity index (χ4v) is 0.351. The number of hydrogen-bond donors (Lipinski definition) is 0. The second-order valence-corrected chi connectivity index (χ2v) is 1.58. The van der Waals surface area contributed by atoms with Crippen LogP contribution in [-0.4, -0.2) is 11.6 Å². The van der Waals surface area contributed by atoms with Gasteiger partial charge in [0, 0.05) is 38.5 Å². The number of carbonyl (C=O) groups is 2. The van der Waals surface area contributed by atoms with Crippen LogP contribution >= 0.6 is 0 Å². The maximum absolute atomic E-state index is 10.0. The number of ketones is 2. The first-order valence-electron chi connectivity index (χ1n) is 2.12. The van der Waals surface area contributed by atoms with E-state index in [1.807, 2.05) is 0 Å². The minimum Gasteiger partial charge on any atom is -0.300 e. The molecule has 0 saturated heterocycles. The second-order valence-electron chi connectivity index (χ2n) is 1.58. The molecule has 0 aliphatic carbocycles. The van der Waals surface area contributed by atoms with Crippen LogP contribution in [0, 0.1) is 0 Å². The fraction of sp³-hybridized carbons (Fsp3) is 0.600. The molecule has 0 aromatic carbocycles. The van der Waals surface area contributed by atoms with Gasteiger partial charge in [0.1, 0.15) is 11.6 Å². The first-order valence-corrected chi connectivity index (χ1v) is 2.12. The van der Waals surface area contributed by atoms with Crippen LogP contribution in [0.15, 0.2) is 0 Å². The van der Waals surface area contributed by atoms with Crippen LogP contribution in [0.25, 0.3) is 0 Å². The molecule has 0 spiro atoms. The summed E-state index contributed by atoms with van der Waals surface area (Å²) in [6, 6.07) is 0. The molecular formula is C5H8CoO2Ti. The molecule has 0 aromatic heterocycles. The Bertz CT molecular complexity index is 91.1. The van der Waals surface area contributed by atoms with Gasteiger partial charge in [-0.1, -0.05) is 0 Å². The number of carbonyl (C=O) groups excluding carboxylic acids is 2. The Morgan fingerprint density at radius 1 is 1.11 bits per heavy atom. The van der Waals surface area contributed by atoms with E-state index in [1.54, 1.807) is 0 Å². The Balaban J connectivity index is -0.000000180. The van der Waals surface area contributed by atoms with E-state index in [2.05, 4.69) is 0 Å². The Hall–Kier alpha value is 0.561. The van der Waals surface area contributed by atoms with Gasteiger partial charge < -0.3 is 0 Å². The van der Waals surface area contributed by atoms with Crippen molar-refractivity contribution in [1.82, 2.24) is 0 Å². The Morgan fingerprint density at radius 3 is 1.33 bits per heavy atom. The van der Waals surface area contributed by atoms with Crippen molar-refractivity contribution < 1.29 is 48.1 Å². The SMILES string of the molecule is CC(=O)CC(C)=O.[Co].[Ti]. The molecule has 0 heterocycles. The molecule has 0 bridgehead atoms. The third-order valence-electron chi connectivity index (χ3n) is 0.498. The summed E-state index contributed by atoms with van der Waals surface area (Å²) in [5, 5.41) is 0. The van der Waals surface area contributed by atoms with Crippen molar-refractivity contribution in [2.75, 3.05) is 0 Å². The molecule has 0 amide bonds. The van der Waals surface area contributed by atoms with Gasteiger partial charge in [0.05, 0.1) is 6.42 Å². The molecule has 9 heavy (non-hydrogen) atoms. The smallest absolute Gasteiger partial charge is 0.137 e. The van der Waals surface area contributed by atoms with Gasteiger partial charge in [0.15, 0.2) is 0 Å². The summed E-state index contributed by atoms with van der Waals surface area (Å²) >= 11 is 0. The number of hydrogen-bond acceptors (Lipinski definition) is 2. The molecule has 1 radical (unpaired) electrons. The zero-order valence-electron chi connectivity index (χ0n) is 5.36. The van der Waals surface area contributed by atoms with E-state index in [9.17, 15) is 9.59 Å². The van der Waals surface area contributed by atoms with E-state index in [0.717, 1.165) is 0 Å². The maximum Gasteiger partial charge on any atom is 0.137 e. The zero-order valence-corrected chi connectivity index (χ0v) is 7.96. The van der Waals surface area contributed by atoms with Crippen LogP contribution in [0.4, 0.5) is 0 Å². The van der Waals surface area contributed by atoms with Gasteiger partial charge in [0.25, 0.3) is 0 Å². The monoisotopic (exact) mass is 207 g/mol. The van der Waals surface area contributed by atoms with E-state index < -0.39 is 0 Å². The summed E-state index contributed by atoms with van der Waals surface area (Å²) in [5.74, 6) is -0.125. The summed E-state index contributed by atoms with van der Waals surface area (Å²) in [4.78, 5) is 20.1. The van der Waals surface area contributed by atoms with Crippen molar-refractivity contribution in [3.63, 3.8) is 0 Å². The normalized spacial score (nSPS) is 6.44. The predicted octanol–water partition coefficient (Wildman–Crippen LogP) is 0.549. The third kappa shape index (κ3) is 17.7. The molecule has 4 heteroatoms. The summed E-state index contributed by atoms with van der Waals surface area (Å²) < 4.78 is 0. The summed E-state index contributed by atoms with van der Waals surface area (Å²) in [6.07, 6.45) is 0.0833. The molecule has 0 aliphatic heterocycles. The van der Waals surface area contributed by atoms with Crippen LogP contribution in [0.1, 0.15) is 20.3 Å². The van der Waals surface area contributed by atoms with Gasteiger partial charge in [-0.15, -0.1) is 0 Å². The van der Waals surface area contributed by atoms with Crippen LogP contribution in [-0.2, 0) is 48.1 Å². The van der Waals surface area contributed by atoms with E-state index in [1.165, 1.54) is 13.8 Å². The minimum atomic E-state index is -0.0625. The van der Waals surface area contributed by atoms with Crippen molar-refractivity contribution in [3.8, 4) is 0 Å². The van der Waals surface area contributed by atoms with Crippen LogP contribution in [0.5, 0.6) is 0 Å². The third-order valence-corrected chi connectivity index (χ3v) is 0.498. The van der Waals surface area contributed by atoms with Gasteiger partial charge >= 0.3 is 0 Å². The van der Waals surface area contributed by atoms with E-state index >= 15 is 0 Å². The molecular weight excluding hydrogens is 199 g/mol. The van der Waals surface area contributed by atoms with Crippen LogP contribution < -0.4 is 0 Å². The largest absolute Gasteiger partial charge is 0.300 e. The Labute approximate surface area is 79.8 Å². The topological polar surface area (TPSA) is 34.1 Å². The van der Waals surface area contributed by atoms with Gasteiger partial charge in [-0.25, -0.2) is 0 Å². The van der Waals surface area contributed by atoms with Gasteiger partial charge in [-0.3, -0.25) is 9.59 Å². The quantitative estimate of drug-likeness (QED) is 0.489. The van der Waals surface area contributed by atoms with Crippen molar-refractivity contribution in [2.24, 2.45) is 0 Å². The van der Waals surface area contributed by atoms with Crippen molar-refractivity contribution in [2.45, 2.75) is 20.3 Å². The first-order chi connectivity index (χ1) is 3.13. The Kier molecular flexibility index (Phi) is 15.5. The average molecular weight is 207 g/mol. The average Bonchev–Trinajstić information content (AvgIpc) is 1.27. The van der Waals surface area contributed by atoms with Crippen molar-refractivity contribution >= 4 is 11.6 Å². The van der Waals surface area contributed by atoms with Crippen molar-refractivity contribution in [1.29, 1.82) is 0 Å². The standard InChI is InChI=1S/C5H8O2.Co.Ti/c1-4(6)3-5(2)7;;/h3H2,1-2H3;;. The maximum atomic E-state index is 10.0. The van der Waals surface area contributed by atoms with E-state index in [-0.39, 0.29) is 56.5 Å². The molecule has 0 atom stereocenters. The molecule has 0 unspecified atom stereocenters. The summed E-state index contributed by atoms with van der Waals surface area (Å²) in [5.41, 5.74) is 0. The van der Waals surface area contributed by atoms with E-state index in [0.29, 0.717) is 0 Å². The molecule has 2 nitrogen and oxygen atoms in total. The molecule has 0 rings (SSSR count). The molecule has 0 aromatic rings. The number of rotatable bonds is 2.